The van der Waals surface area contributed by atoms with Gasteiger partial charge in [0.15, 0.2) is 0 Å². The maximum Gasteiger partial charge on any atom is 0.134 e. The maximum absolute atomic E-state index is 6.03. The van der Waals surface area contributed by atoms with Gasteiger partial charge >= 0.3 is 0 Å². The summed E-state index contributed by atoms with van der Waals surface area (Å²) in [5.41, 5.74) is 3.68. The molecule has 3 heteroatoms. The number of hydrogen-bond donors (Lipinski definition) is 1. The molecule has 0 atom stereocenters. The van der Waals surface area contributed by atoms with Gasteiger partial charge in [-0.3, -0.25) is 0 Å². The average Bonchev–Trinajstić information content (AvgIpc) is 3.23. The minimum atomic E-state index is 0.713. The van der Waals surface area contributed by atoms with E-state index in [0.29, 0.717) is 6.04 Å². The van der Waals surface area contributed by atoms with Gasteiger partial charge in [-0.2, -0.15) is 0 Å². The van der Waals surface area contributed by atoms with Gasteiger partial charge in [0.2, 0.25) is 0 Å². The highest BCUT2D eigenvalue weighted by Crippen LogP contribution is 2.29. The zero-order valence-corrected chi connectivity index (χ0v) is 12.4. The second kappa shape index (κ2) is 5.98. The standard InChI is InChI=1S/C17H23NO2/c1-3-14-15-10-12(8-9-19-2)4-7-16(15)20-17(14)11-18-13-5-6-13/h4,7,10,13,18H,3,5-6,8-9,11H2,1-2H3. The molecule has 1 heterocycles. The van der Waals surface area contributed by atoms with Gasteiger partial charge in [-0.05, 0) is 43.4 Å². The lowest BCUT2D eigenvalue weighted by Gasteiger charge is -2.02. The molecule has 20 heavy (non-hydrogen) atoms. The van der Waals surface area contributed by atoms with E-state index in [1.807, 2.05) is 0 Å². The van der Waals surface area contributed by atoms with Gasteiger partial charge < -0.3 is 14.5 Å². The van der Waals surface area contributed by atoms with E-state index in [4.69, 9.17) is 9.15 Å². The minimum Gasteiger partial charge on any atom is -0.459 e. The summed E-state index contributed by atoms with van der Waals surface area (Å²) < 4.78 is 11.2. The van der Waals surface area contributed by atoms with Crippen LogP contribution in [0.3, 0.4) is 0 Å². The highest BCUT2D eigenvalue weighted by Gasteiger charge is 2.22. The normalized spacial score (nSPS) is 15.1. The summed E-state index contributed by atoms with van der Waals surface area (Å²) in [5.74, 6) is 1.11. The molecule has 0 amide bonds. The molecule has 1 saturated carbocycles. The molecule has 1 aromatic heterocycles. The molecular weight excluding hydrogens is 250 g/mol. The van der Waals surface area contributed by atoms with Crippen LogP contribution in [0.25, 0.3) is 11.0 Å². The van der Waals surface area contributed by atoms with E-state index >= 15 is 0 Å². The largest absolute Gasteiger partial charge is 0.459 e. The zero-order valence-electron chi connectivity index (χ0n) is 12.4. The summed E-state index contributed by atoms with van der Waals surface area (Å²) in [6, 6.07) is 7.21. The number of rotatable bonds is 7. The molecule has 0 radical (unpaired) electrons. The third-order valence-corrected chi connectivity index (χ3v) is 4.02. The lowest BCUT2D eigenvalue weighted by atomic mass is 10.0. The van der Waals surface area contributed by atoms with Crippen LogP contribution in [0.5, 0.6) is 0 Å². The molecular formula is C17H23NO2. The van der Waals surface area contributed by atoms with Gasteiger partial charge in [-0.25, -0.2) is 0 Å². The van der Waals surface area contributed by atoms with E-state index in [9.17, 15) is 0 Å². The first-order valence-electron chi connectivity index (χ1n) is 7.57. The van der Waals surface area contributed by atoms with Crippen molar-refractivity contribution in [2.45, 2.75) is 45.2 Å². The van der Waals surface area contributed by atoms with Gasteiger partial charge in [-0.15, -0.1) is 0 Å². The second-order valence-corrected chi connectivity index (χ2v) is 5.59. The first kappa shape index (κ1) is 13.7. The molecule has 1 aromatic carbocycles. The Labute approximate surface area is 120 Å². The van der Waals surface area contributed by atoms with E-state index < -0.39 is 0 Å². The van der Waals surface area contributed by atoms with Gasteiger partial charge in [-0.1, -0.05) is 13.0 Å². The Morgan fingerprint density at radius 3 is 2.90 bits per heavy atom. The molecule has 0 saturated heterocycles. The number of furan rings is 1. The van der Waals surface area contributed by atoms with E-state index in [2.05, 4.69) is 30.4 Å². The van der Waals surface area contributed by atoms with Gasteiger partial charge in [0, 0.05) is 24.1 Å². The van der Waals surface area contributed by atoms with Crippen LogP contribution in [-0.2, 0) is 24.1 Å². The average molecular weight is 273 g/mol. The minimum absolute atomic E-state index is 0.713. The Morgan fingerprint density at radius 2 is 2.20 bits per heavy atom. The highest BCUT2D eigenvalue weighted by molar-refractivity contribution is 5.83. The molecule has 3 nitrogen and oxygen atoms in total. The van der Waals surface area contributed by atoms with Crippen molar-refractivity contribution < 1.29 is 9.15 Å². The Balaban J connectivity index is 1.86. The fraction of sp³-hybridized carbons (Fsp3) is 0.529. The van der Waals surface area contributed by atoms with Crippen molar-refractivity contribution in [3.05, 3.63) is 35.1 Å². The van der Waals surface area contributed by atoms with Crippen LogP contribution in [0.2, 0.25) is 0 Å². The van der Waals surface area contributed by atoms with Crippen molar-refractivity contribution in [2.24, 2.45) is 0 Å². The quantitative estimate of drug-likeness (QED) is 0.839. The number of fused-ring (bicyclic) bond motifs is 1. The molecule has 108 valence electrons. The van der Waals surface area contributed by atoms with Crippen molar-refractivity contribution in [3.8, 4) is 0 Å². The fourth-order valence-electron chi connectivity index (χ4n) is 2.68. The van der Waals surface area contributed by atoms with Crippen molar-refractivity contribution in [1.29, 1.82) is 0 Å². The van der Waals surface area contributed by atoms with E-state index in [-0.39, 0.29) is 0 Å². The second-order valence-electron chi connectivity index (χ2n) is 5.59. The molecule has 0 spiro atoms. The topological polar surface area (TPSA) is 34.4 Å². The number of methoxy groups -OCH3 is 1. The molecule has 1 fully saturated rings. The summed E-state index contributed by atoms with van der Waals surface area (Å²) in [7, 11) is 1.75. The summed E-state index contributed by atoms with van der Waals surface area (Å²) in [6.07, 6.45) is 4.59. The predicted molar refractivity (Wildman–Crippen MR) is 81.0 cm³/mol. The number of aryl methyl sites for hydroxylation is 1. The molecule has 3 rings (SSSR count). The Bertz CT molecular complexity index is 584. The Morgan fingerprint density at radius 1 is 1.35 bits per heavy atom. The number of benzene rings is 1. The van der Waals surface area contributed by atoms with Crippen LogP contribution < -0.4 is 5.32 Å². The molecule has 0 bridgehead atoms. The summed E-state index contributed by atoms with van der Waals surface area (Å²) in [5, 5.41) is 4.82. The van der Waals surface area contributed by atoms with Crippen molar-refractivity contribution >= 4 is 11.0 Å². The highest BCUT2D eigenvalue weighted by atomic mass is 16.5. The van der Waals surface area contributed by atoms with Crippen molar-refractivity contribution in [2.75, 3.05) is 13.7 Å². The zero-order chi connectivity index (χ0) is 13.9. The Kier molecular flexibility index (Phi) is 4.08. The molecule has 0 aliphatic heterocycles. The van der Waals surface area contributed by atoms with E-state index in [1.54, 1.807) is 7.11 Å². The van der Waals surface area contributed by atoms with Crippen LogP contribution in [0.1, 0.15) is 36.7 Å². The molecule has 2 aromatic rings. The van der Waals surface area contributed by atoms with Crippen LogP contribution in [0, 0.1) is 0 Å². The summed E-state index contributed by atoms with van der Waals surface area (Å²) >= 11 is 0. The SMILES string of the molecule is CCc1c(CNC2CC2)oc2ccc(CCOC)cc12. The van der Waals surface area contributed by atoms with Gasteiger partial charge in [0.25, 0.3) is 0 Å². The number of hydrogen-bond acceptors (Lipinski definition) is 3. The van der Waals surface area contributed by atoms with Crippen molar-refractivity contribution in [3.63, 3.8) is 0 Å². The van der Waals surface area contributed by atoms with Gasteiger partial charge in [0.05, 0.1) is 13.2 Å². The summed E-state index contributed by atoms with van der Waals surface area (Å²) in [4.78, 5) is 0. The smallest absolute Gasteiger partial charge is 0.134 e. The first-order chi connectivity index (χ1) is 9.81. The van der Waals surface area contributed by atoms with E-state index in [0.717, 1.165) is 37.3 Å². The lowest BCUT2D eigenvalue weighted by molar-refractivity contribution is 0.202. The van der Waals surface area contributed by atoms with Crippen LogP contribution >= 0.6 is 0 Å². The van der Waals surface area contributed by atoms with Gasteiger partial charge in [0.1, 0.15) is 11.3 Å². The summed E-state index contributed by atoms with van der Waals surface area (Å²) in [6.45, 7) is 3.82. The van der Waals surface area contributed by atoms with Crippen LogP contribution in [0.4, 0.5) is 0 Å². The van der Waals surface area contributed by atoms with Crippen LogP contribution in [-0.4, -0.2) is 19.8 Å². The third-order valence-electron chi connectivity index (χ3n) is 4.02. The fourth-order valence-corrected chi connectivity index (χ4v) is 2.68. The predicted octanol–water partition coefficient (Wildman–Crippen LogP) is 3.44. The Hall–Kier alpha value is -1.32. The van der Waals surface area contributed by atoms with E-state index in [1.165, 1.54) is 29.4 Å². The number of ether oxygens (including phenoxy) is 1. The number of nitrogens with one attached hydrogen (secondary N) is 1. The maximum atomic E-state index is 6.03. The molecule has 1 N–H and O–H groups in total. The lowest BCUT2D eigenvalue weighted by Crippen LogP contribution is -2.15. The molecule has 0 unspecified atom stereocenters. The van der Waals surface area contributed by atoms with Crippen LogP contribution in [0.15, 0.2) is 22.6 Å². The molecule has 1 aliphatic carbocycles. The third kappa shape index (κ3) is 2.89. The molecule has 1 aliphatic rings. The first-order valence-corrected chi connectivity index (χ1v) is 7.57. The monoisotopic (exact) mass is 273 g/mol. The van der Waals surface area contributed by atoms with Crippen molar-refractivity contribution in [1.82, 2.24) is 5.32 Å².